The zero-order valence-electron chi connectivity index (χ0n) is 18.7. The molecule has 0 saturated carbocycles. The second-order valence-electron chi connectivity index (χ2n) is 9.07. The van der Waals surface area contributed by atoms with Gasteiger partial charge in [-0.3, -0.25) is 9.59 Å². The van der Waals surface area contributed by atoms with Crippen LogP contribution >= 0.6 is 0 Å². The molecule has 2 aromatic rings. The monoisotopic (exact) mass is 429 g/mol. The van der Waals surface area contributed by atoms with Crippen molar-refractivity contribution in [2.24, 2.45) is 5.41 Å². The molecular formula is C22H31N5O4. The van der Waals surface area contributed by atoms with Crippen molar-refractivity contribution in [3.05, 3.63) is 41.7 Å². The summed E-state index contributed by atoms with van der Waals surface area (Å²) in [6, 6.07) is 6.32. The topological polar surface area (TPSA) is 110 Å². The summed E-state index contributed by atoms with van der Waals surface area (Å²) in [7, 11) is 1.52. The fraction of sp³-hybridized carbons (Fsp3) is 0.545. The van der Waals surface area contributed by atoms with E-state index in [1.807, 2.05) is 52.0 Å². The molecule has 2 amide bonds. The number of aromatic nitrogens is 3. The number of carbonyl (C=O) groups excluding carboxylic acids is 2. The molecule has 168 valence electrons. The van der Waals surface area contributed by atoms with Crippen LogP contribution in [0.25, 0.3) is 0 Å². The van der Waals surface area contributed by atoms with Crippen LogP contribution in [-0.4, -0.2) is 62.6 Å². The maximum absolute atomic E-state index is 13.5. The number of β-amino-alcohol motifs (C(OH)–C–C–N with tert-alkyl or cyclic N) is 1. The molecule has 9 nitrogen and oxygen atoms in total. The number of aliphatic hydroxyl groups is 1. The smallest absolute Gasteiger partial charge is 0.248 e. The van der Waals surface area contributed by atoms with Gasteiger partial charge in [-0.1, -0.05) is 38.1 Å². The number of hydrogen-bond acceptors (Lipinski definition) is 6. The quantitative estimate of drug-likeness (QED) is 0.720. The number of amides is 2. The van der Waals surface area contributed by atoms with Gasteiger partial charge in [-0.2, -0.15) is 0 Å². The SMILES string of the molecule is CNC(=O)C1CC(O)CN1C(=O)[C@@H](n1cc(COc2cccc(C)c2)nn1)C(C)(C)C. The van der Waals surface area contributed by atoms with Crippen molar-refractivity contribution in [1.82, 2.24) is 25.2 Å². The molecule has 2 heterocycles. The van der Waals surface area contributed by atoms with Crippen LogP contribution in [0.4, 0.5) is 0 Å². The number of hydrogen-bond donors (Lipinski definition) is 2. The summed E-state index contributed by atoms with van der Waals surface area (Å²) in [5, 5.41) is 21.0. The molecule has 3 atom stereocenters. The number of aryl methyl sites for hydroxylation is 1. The third-order valence-corrected chi connectivity index (χ3v) is 5.36. The van der Waals surface area contributed by atoms with Gasteiger partial charge in [0.2, 0.25) is 11.8 Å². The Morgan fingerprint density at radius 2 is 2.10 bits per heavy atom. The van der Waals surface area contributed by atoms with Gasteiger partial charge < -0.3 is 20.1 Å². The maximum Gasteiger partial charge on any atom is 0.248 e. The Bertz CT molecular complexity index is 936. The summed E-state index contributed by atoms with van der Waals surface area (Å²) < 4.78 is 7.32. The minimum absolute atomic E-state index is 0.113. The van der Waals surface area contributed by atoms with Crippen LogP contribution in [0.5, 0.6) is 5.75 Å². The molecule has 1 saturated heterocycles. The fourth-order valence-electron chi connectivity index (χ4n) is 3.88. The Labute approximate surface area is 182 Å². The maximum atomic E-state index is 13.5. The van der Waals surface area contributed by atoms with E-state index in [1.165, 1.54) is 16.6 Å². The van der Waals surface area contributed by atoms with E-state index in [2.05, 4.69) is 15.6 Å². The van der Waals surface area contributed by atoms with Gasteiger partial charge in [0, 0.05) is 20.0 Å². The van der Waals surface area contributed by atoms with Gasteiger partial charge in [0.05, 0.1) is 12.3 Å². The molecule has 2 unspecified atom stereocenters. The van der Waals surface area contributed by atoms with E-state index in [4.69, 9.17) is 4.74 Å². The molecule has 3 rings (SSSR count). The van der Waals surface area contributed by atoms with E-state index in [1.54, 1.807) is 6.20 Å². The second-order valence-corrected chi connectivity index (χ2v) is 9.07. The zero-order chi connectivity index (χ0) is 22.8. The zero-order valence-corrected chi connectivity index (χ0v) is 18.7. The van der Waals surface area contributed by atoms with Crippen molar-refractivity contribution in [2.45, 2.75) is 58.9 Å². The number of benzene rings is 1. The highest BCUT2D eigenvalue weighted by Gasteiger charge is 2.44. The highest BCUT2D eigenvalue weighted by molar-refractivity contribution is 5.90. The second kappa shape index (κ2) is 9.05. The minimum atomic E-state index is -0.735. The van der Waals surface area contributed by atoms with E-state index >= 15 is 0 Å². The summed E-state index contributed by atoms with van der Waals surface area (Å²) >= 11 is 0. The lowest BCUT2D eigenvalue weighted by Gasteiger charge is -2.34. The lowest BCUT2D eigenvalue weighted by molar-refractivity contribution is -0.144. The van der Waals surface area contributed by atoms with Crippen LogP contribution in [0.2, 0.25) is 0 Å². The van der Waals surface area contributed by atoms with E-state index in [0.717, 1.165) is 11.3 Å². The summed E-state index contributed by atoms with van der Waals surface area (Å²) in [5.41, 5.74) is 1.19. The first-order chi connectivity index (χ1) is 14.6. The van der Waals surface area contributed by atoms with Gasteiger partial charge in [-0.05, 0) is 30.0 Å². The predicted octanol–water partition coefficient (Wildman–Crippen LogP) is 1.46. The van der Waals surface area contributed by atoms with Gasteiger partial charge in [0.15, 0.2) is 0 Å². The molecule has 1 aliphatic rings. The Morgan fingerprint density at radius 1 is 1.35 bits per heavy atom. The Kier molecular flexibility index (Phi) is 6.64. The summed E-state index contributed by atoms with van der Waals surface area (Å²) in [6.07, 6.45) is 1.18. The molecule has 9 heteroatoms. The van der Waals surface area contributed by atoms with Crippen molar-refractivity contribution in [3.63, 3.8) is 0 Å². The molecule has 1 aromatic heterocycles. The third kappa shape index (κ3) is 5.22. The number of ether oxygens (including phenoxy) is 1. The number of nitrogens with one attached hydrogen (secondary N) is 1. The highest BCUT2D eigenvalue weighted by Crippen LogP contribution is 2.34. The van der Waals surface area contributed by atoms with Crippen molar-refractivity contribution < 1.29 is 19.4 Å². The molecule has 0 aliphatic carbocycles. The first-order valence-electron chi connectivity index (χ1n) is 10.4. The predicted molar refractivity (Wildman–Crippen MR) is 114 cm³/mol. The summed E-state index contributed by atoms with van der Waals surface area (Å²) in [5.74, 6) is 0.176. The van der Waals surface area contributed by atoms with Crippen LogP contribution in [0.3, 0.4) is 0 Å². The van der Waals surface area contributed by atoms with E-state index < -0.39 is 23.6 Å². The van der Waals surface area contributed by atoms with Crippen molar-refractivity contribution in [2.75, 3.05) is 13.6 Å². The number of likely N-dealkylation sites (N-methyl/N-ethyl adjacent to an activating group) is 1. The highest BCUT2D eigenvalue weighted by atomic mass is 16.5. The molecule has 1 aliphatic heterocycles. The van der Waals surface area contributed by atoms with E-state index in [9.17, 15) is 14.7 Å². The average Bonchev–Trinajstić information content (AvgIpc) is 3.31. The number of carbonyl (C=O) groups is 2. The normalized spacial score (nSPS) is 19.9. The van der Waals surface area contributed by atoms with Crippen LogP contribution in [0, 0.1) is 12.3 Å². The van der Waals surface area contributed by atoms with Gasteiger partial charge in [-0.25, -0.2) is 4.68 Å². The largest absolute Gasteiger partial charge is 0.487 e. The Hall–Kier alpha value is -2.94. The first kappa shape index (κ1) is 22.7. The third-order valence-electron chi connectivity index (χ3n) is 5.36. The summed E-state index contributed by atoms with van der Waals surface area (Å²) in [6.45, 7) is 8.12. The lowest BCUT2D eigenvalue weighted by atomic mass is 9.85. The molecule has 0 radical (unpaired) electrons. The van der Waals surface area contributed by atoms with Crippen LogP contribution in [-0.2, 0) is 16.2 Å². The van der Waals surface area contributed by atoms with Crippen molar-refractivity contribution in [1.29, 1.82) is 0 Å². The number of aliphatic hydroxyl groups excluding tert-OH is 1. The number of nitrogens with zero attached hydrogens (tertiary/aromatic N) is 4. The van der Waals surface area contributed by atoms with E-state index in [0.29, 0.717) is 5.69 Å². The van der Waals surface area contributed by atoms with Crippen LogP contribution < -0.4 is 10.1 Å². The summed E-state index contributed by atoms with van der Waals surface area (Å²) in [4.78, 5) is 27.2. The Morgan fingerprint density at radius 3 is 2.74 bits per heavy atom. The minimum Gasteiger partial charge on any atom is -0.487 e. The molecular weight excluding hydrogens is 398 g/mol. The first-order valence-corrected chi connectivity index (χ1v) is 10.4. The molecule has 0 spiro atoms. The van der Waals surface area contributed by atoms with E-state index in [-0.39, 0.29) is 31.4 Å². The molecule has 1 aromatic carbocycles. The van der Waals surface area contributed by atoms with Crippen molar-refractivity contribution >= 4 is 11.8 Å². The molecule has 1 fully saturated rings. The lowest BCUT2D eigenvalue weighted by Crippen LogP contribution is -2.49. The number of likely N-dealkylation sites (tertiary alicyclic amines) is 1. The molecule has 2 N–H and O–H groups in total. The fourth-order valence-corrected chi connectivity index (χ4v) is 3.88. The number of rotatable bonds is 6. The van der Waals surface area contributed by atoms with Crippen LogP contribution in [0.1, 0.15) is 44.5 Å². The molecule has 0 bridgehead atoms. The average molecular weight is 430 g/mol. The van der Waals surface area contributed by atoms with Crippen LogP contribution in [0.15, 0.2) is 30.5 Å². The Balaban J connectivity index is 1.80. The van der Waals surface area contributed by atoms with Crippen molar-refractivity contribution in [3.8, 4) is 5.75 Å². The molecule has 31 heavy (non-hydrogen) atoms. The standard InChI is InChI=1S/C22H31N5O4/c1-14-7-6-8-17(9-14)31-13-15-11-27(25-24-15)19(22(2,3)4)21(30)26-12-16(28)10-18(26)20(29)23-5/h6-9,11,16,18-19,28H,10,12-13H2,1-5H3,(H,23,29)/t16?,18?,19-/m1/s1. The van der Waals surface area contributed by atoms with Gasteiger partial charge >= 0.3 is 0 Å². The van der Waals surface area contributed by atoms with Gasteiger partial charge in [0.25, 0.3) is 0 Å². The van der Waals surface area contributed by atoms with Gasteiger partial charge in [-0.15, -0.1) is 5.10 Å². The van der Waals surface area contributed by atoms with Gasteiger partial charge in [0.1, 0.15) is 30.1 Å².